The number of furan rings is 1. The normalized spacial score (nSPS) is 15.1. The number of amides is 2. The minimum atomic E-state index is -1.14. The number of carboxylic acids is 1. The van der Waals surface area contributed by atoms with E-state index in [2.05, 4.69) is 5.32 Å². The van der Waals surface area contributed by atoms with Crippen LogP contribution < -0.4 is 10.2 Å². The zero-order valence-electron chi connectivity index (χ0n) is 19.4. The van der Waals surface area contributed by atoms with Crippen LogP contribution in [-0.4, -0.2) is 32.6 Å². The second-order valence-corrected chi connectivity index (χ2v) is 8.99. The molecule has 0 unspecified atom stereocenters. The summed E-state index contributed by atoms with van der Waals surface area (Å²) >= 11 is 5.33. The van der Waals surface area contributed by atoms with Crippen LogP contribution in [0.1, 0.15) is 33.0 Å². The molecule has 180 valence electrons. The number of thiocarbonyl (C=S) groups is 1. The van der Waals surface area contributed by atoms with Gasteiger partial charge in [0.1, 0.15) is 11.3 Å². The third-order valence-electron chi connectivity index (χ3n) is 5.88. The van der Waals surface area contributed by atoms with E-state index in [1.54, 1.807) is 18.3 Å². The number of rotatable bonds is 5. The zero-order chi connectivity index (χ0) is 25.6. The molecule has 9 heteroatoms. The van der Waals surface area contributed by atoms with Crippen molar-refractivity contribution in [1.29, 1.82) is 0 Å². The lowest BCUT2D eigenvalue weighted by atomic mass is 10.1. The molecule has 2 N–H and O–H groups in total. The Balaban J connectivity index is 1.56. The van der Waals surface area contributed by atoms with Crippen LogP contribution in [0.25, 0.3) is 17.0 Å². The van der Waals surface area contributed by atoms with Gasteiger partial charge in [0, 0.05) is 22.7 Å². The molecule has 5 rings (SSSR count). The van der Waals surface area contributed by atoms with Gasteiger partial charge in [-0.3, -0.25) is 19.8 Å². The summed E-state index contributed by atoms with van der Waals surface area (Å²) in [7, 11) is 0. The van der Waals surface area contributed by atoms with Gasteiger partial charge in [-0.1, -0.05) is 24.3 Å². The first-order valence-electron chi connectivity index (χ1n) is 11.1. The lowest BCUT2D eigenvalue weighted by Gasteiger charge is -2.29. The first kappa shape index (κ1) is 23.3. The molecule has 1 saturated heterocycles. The highest BCUT2D eigenvalue weighted by Gasteiger charge is 2.35. The van der Waals surface area contributed by atoms with Crippen molar-refractivity contribution in [2.75, 3.05) is 4.90 Å². The van der Waals surface area contributed by atoms with Crippen molar-refractivity contribution in [1.82, 2.24) is 9.88 Å². The Morgan fingerprint density at radius 1 is 1.08 bits per heavy atom. The van der Waals surface area contributed by atoms with E-state index in [1.807, 2.05) is 60.9 Å². The summed E-state index contributed by atoms with van der Waals surface area (Å²) < 4.78 is 7.29. The summed E-state index contributed by atoms with van der Waals surface area (Å²) in [6.45, 7) is 4.13. The first-order chi connectivity index (χ1) is 17.2. The number of aromatic carboxylic acids is 1. The Morgan fingerprint density at radius 3 is 2.50 bits per heavy atom. The van der Waals surface area contributed by atoms with Gasteiger partial charge in [-0.2, -0.15) is 0 Å². The maximum absolute atomic E-state index is 13.5. The van der Waals surface area contributed by atoms with E-state index in [0.29, 0.717) is 17.0 Å². The van der Waals surface area contributed by atoms with Gasteiger partial charge in [0.05, 0.1) is 12.2 Å². The molecular weight excluding hydrogens is 478 g/mol. The number of carbonyl (C=O) groups excluding carboxylic acids is 2. The topological polar surface area (TPSA) is 105 Å². The van der Waals surface area contributed by atoms with E-state index < -0.39 is 17.8 Å². The molecule has 2 amide bonds. The Labute approximate surface area is 211 Å². The largest absolute Gasteiger partial charge is 0.475 e. The third kappa shape index (κ3) is 4.20. The van der Waals surface area contributed by atoms with E-state index in [0.717, 1.165) is 22.0 Å². The maximum atomic E-state index is 13.5. The average Bonchev–Trinajstić information content (AvgIpc) is 3.41. The van der Waals surface area contributed by atoms with Gasteiger partial charge in [-0.25, -0.2) is 4.79 Å². The summed E-state index contributed by atoms with van der Waals surface area (Å²) in [5.41, 5.74) is 3.97. The van der Waals surface area contributed by atoms with E-state index in [9.17, 15) is 14.4 Å². The second kappa shape index (κ2) is 8.94. The lowest BCUT2D eigenvalue weighted by molar-refractivity contribution is -0.122. The van der Waals surface area contributed by atoms with Gasteiger partial charge in [0.15, 0.2) is 5.11 Å². The predicted molar refractivity (Wildman–Crippen MR) is 139 cm³/mol. The Morgan fingerprint density at radius 2 is 1.81 bits per heavy atom. The molecule has 2 aromatic heterocycles. The van der Waals surface area contributed by atoms with Crippen molar-refractivity contribution >= 4 is 57.8 Å². The predicted octanol–water partition coefficient (Wildman–Crippen LogP) is 4.43. The van der Waals surface area contributed by atoms with Crippen molar-refractivity contribution < 1.29 is 23.9 Å². The number of benzene rings is 2. The van der Waals surface area contributed by atoms with Crippen LogP contribution in [0.5, 0.6) is 0 Å². The number of aromatic nitrogens is 1. The summed E-state index contributed by atoms with van der Waals surface area (Å²) in [6.07, 6.45) is 3.36. The molecule has 3 heterocycles. The van der Waals surface area contributed by atoms with Crippen LogP contribution >= 0.6 is 12.2 Å². The Hall–Kier alpha value is -4.50. The van der Waals surface area contributed by atoms with Crippen LogP contribution in [0.15, 0.2) is 70.8 Å². The van der Waals surface area contributed by atoms with Crippen molar-refractivity contribution in [3.63, 3.8) is 0 Å². The second-order valence-electron chi connectivity index (χ2n) is 8.60. The van der Waals surface area contributed by atoms with E-state index in [-0.39, 0.29) is 23.0 Å². The molecule has 1 fully saturated rings. The molecule has 0 radical (unpaired) electrons. The Kier molecular flexibility index (Phi) is 5.77. The van der Waals surface area contributed by atoms with Crippen LogP contribution in [0.2, 0.25) is 0 Å². The number of hydrogen-bond donors (Lipinski definition) is 2. The fourth-order valence-electron chi connectivity index (χ4n) is 4.39. The SMILES string of the molecule is Cc1cc(C)cc(N2C(=O)/C(=C/c3cn(Cc4ccc(C(=O)O)o4)c4ccccc34)C(=O)NC2=S)c1. The van der Waals surface area contributed by atoms with Gasteiger partial charge in [0.2, 0.25) is 5.76 Å². The maximum Gasteiger partial charge on any atom is 0.371 e. The molecule has 0 aliphatic carbocycles. The molecule has 0 spiro atoms. The van der Waals surface area contributed by atoms with E-state index in [1.165, 1.54) is 11.0 Å². The van der Waals surface area contributed by atoms with Gasteiger partial charge < -0.3 is 14.1 Å². The minimum Gasteiger partial charge on any atom is -0.475 e. The summed E-state index contributed by atoms with van der Waals surface area (Å²) in [5.74, 6) is -1.90. The molecule has 8 nitrogen and oxygen atoms in total. The third-order valence-corrected chi connectivity index (χ3v) is 6.17. The molecule has 0 bridgehead atoms. The number of aryl methyl sites for hydroxylation is 2. The lowest BCUT2D eigenvalue weighted by Crippen LogP contribution is -2.54. The van der Waals surface area contributed by atoms with Crippen LogP contribution in [0.4, 0.5) is 5.69 Å². The van der Waals surface area contributed by atoms with Crippen molar-refractivity contribution in [2.24, 2.45) is 0 Å². The molecule has 1 aliphatic rings. The molecule has 36 heavy (non-hydrogen) atoms. The molecular formula is C27H21N3O5S. The highest BCUT2D eigenvalue weighted by Crippen LogP contribution is 2.28. The highest BCUT2D eigenvalue weighted by atomic mass is 32.1. The van der Waals surface area contributed by atoms with E-state index in [4.69, 9.17) is 21.7 Å². The number of hydrogen-bond acceptors (Lipinski definition) is 5. The van der Waals surface area contributed by atoms with Gasteiger partial charge in [-0.15, -0.1) is 0 Å². The van der Waals surface area contributed by atoms with Crippen molar-refractivity contribution in [3.8, 4) is 0 Å². The minimum absolute atomic E-state index is 0.0293. The monoisotopic (exact) mass is 499 g/mol. The van der Waals surface area contributed by atoms with Crippen molar-refractivity contribution in [3.05, 3.63) is 94.6 Å². The van der Waals surface area contributed by atoms with Crippen LogP contribution in [0, 0.1) is 13.8 Å². The number of carboxylic acid groups (broad SMARTS) is 1. The zero-order valence-corrected chi connectivity index (χ0v) is 20.3. The molecule has 0 saturated carbocycles. The van der Waals surface area contributed by atoms with Gasteiger partial charge in [-0.05, 0) is 73.6 Å². The number of carbonyl (C=O) groups is 3. The first-order valence-corrected chi connectivity index (χ1v) is 11.5. The van der Waals surface area contributed by atoms with Crippen molar-refractivity contribution in [2.45, 2.75) is 20.4 Å². The number of anilines is 1. The molecule has 4 aromatic rings. The van der Waals surface area contributed by atoms with Gasteiger partial charge >= 0.3 is 5.97 Å². The van der Waals surface area contributed by atoms with Gasteiger partial charge in [0.25, 0.3) is 11.8 Å². The number of para-hydroxylation sites is 1. The Bertz CT molecular complexity index is 1590. The average molecular weight is 500 g/mol. The number of nitrogens with one attached hydrogen (secondary N) is 1. The standard InChI is InChI=1S/C27H21N3O5S/c1-15-9-16(2)11-18(10-15)30-25(32)21(24(31)28-27(30)36)12-17-13-29(22-6-4-3-5-20(17)22)14-19-7-8-23(35-19)26(33)34/h3-13H,14H2,1-2H3,(H,33,34)(H,28,31,36)/b21-12+. The molecule has 2 aromatic carbocycles. The highest BCUT2D eigenvalue weighted by molar-refractivity contribution is 7.80. The summed E-state index contributed by atoms with van der Waals surface area (Å²) in [6, 6.07) is 16.2. The fraction of sp³-hybridized carbons (Fsp3) is 0.111. The number of fused-ring (bicyclic) bond motifs is 1. The van der Waals surface area contributed by atoms with E-state index >= 15 is 0 Å². The molecule has 0 atom stereocenters. The smallest absolute Gasteiger partial charge is 0.371 e. The molecule has 1 aliphatic heterocycles. The van der Waals surface area contributed by atoms with Crippen LogP contribution in [0.3, 0.4) is 0 Å². The van der Waals surface area contributed by atoms with Crippen LogP contribution in [-0.2, 0) is 16.1 Å². The quantitative estimate of drug-likeness (QED) is 0.239. The fourth-order valence-corrected chi connectivity index (χ4v) is 4.67. The summed E-state index contributed by atoms with van der Waals surface area (Å²) in [4.78, 5) is 38.8. The number of nitrogens with zero attached hydrogens (tertiary/aromatic N) is 2. The summed E-state index contributed by atoms with van der Waals surface area (Å²) in [5, 5.41) is 12.6.